The van der Waals surface area contributed by atoms with Crippen molar-refractivity contribution < 1.29 is 14.3 Å². The molecular formula is C23H24N4O3S. The van der Waals surface area contributed by atoms with Crippen molar-refractivity contribution in [3.63, 3.8) is 0 Å². The first-order valence-corrected chi connectivity index (χ1v) is 10.9. The van der Waals surface area contributed by atoms with Gasteiger partial charge in [-0.3, -0.25) is 19.5 Å². The number of anilines is 1. The maximum Gasteiger partial charge on any atom is 0.271 e. The number of hydrogen-bond donors (Lipinski definition) is 1. The molecule has 160 valence electrons. The Balaban J connectivity index is 1.49. The predicted octanol–water partition coefficient (Wildman–Crippen LogP) is 3.69. The van der Waals surface area contributed by atoms with E-state index in [1.165, 1.54) is 11.3 Å². The van der Waals surface area contributed by atoms with Crippen LogP contribution in [0.3, 0.4) is 0 Å². The van der Waals surface area contributed by atoms with Gasteiger partial charge in [0.25, 0.3) is 11.8 Å². The monoisotopic (exact) mass is 436 g/mol. The average Bonchev–Trinajstić information content (AvgIpc) is 3.22. The molecule has 3 aromatic rings. The van der Waals surface area contributed by atoms with E-state index in [-0.39, 0.29) is 23.8 Å². The topological polar surface area (TPSA) is 84.4 Å². The Morgan fingerprint density at radius 2 is 2.13 bits per heavy atom. The maximum atomic E-state index is 12.6. The molecule has 7 nitrogen and oxygen atoms in total. The van der Waals surface area contributed by atoms with Crippen LogP contribution >= 0.6 is 11.3 Å². The fourth-order valence-corrected chi connectivity index (χ4v) is 4.00. The molecule has 0 bridgehead atoms. The Labute approximate surface area is 185 Å². The van der Waals surface area contributed by atoms with Gasteiger partial charge >= 0.3 is 0 Å². The van der Waals surface area contributed by atoms with Crippen LogP contribution in [0.15, 0.2) is 48.1 Å². The molecule has 1 aliphatic rings. The van der Waals surface area contributed by atoms with Gasteiger partial charge in [0.15, 0.2) is 6.61 Å². The van der Waals surface area contributed by atoms with Crippen LogP contribution in [-0.2, 0) is 23.3 Å². The molecule has 31 heavy (non-hydrogen) atoms. The number of benzene rings is 1. The Hall–Kier alpha value is -3.26. The highest BCUT2D eigenvalue weighted by Crippen LogP contribution is 2.37. The van der Waals surface area contributed by atoms with Gasteiger partial charge in [-0.1, -0.05) is 32.9 Å². The van der Waals surface area contributed by atoms with Crippen LogP contribution in [-0.4, -0.2) is 28.4 Å². The number of hydrogen-bond acceptors (Lipinski definition) is 6. The molecule has 1 aromatic carbocycles. The van der Waals surface area contributed by atoms with E-state index in [1.54, 1.807) is 22.7 Å². The standard InChI is InChI=1S/C23H24N4O3S/c1-23(2,3)16-6-7-19-18(9-16)27(21(28)13-30-19)12-20-26-17(14-31-20)22(29)25-11-15-5-4-8-24-10-15/h4-10,14H,11-13H2,1-3H3,(H,25,29). The number of pyridine rings is 1. The van der Waals surface area contributed by atoms with Gasteiger partial charge < -0.3 is 10.1 Å². The third-order valence-corrected chi connectivity index (χ3v) is 5.86. The zero-order chi connectivity index (χ0) is 22.0. The fourth-order valence-electron chi connectivity index (χ4n) is 3.24. The Bertz CT molecular complexity index is 1110. The molecule has 0 radical (unpaired) electrons. The van der Waals surface area contributed by atoms with Crippen LogP contribution in [0.4, 0.5) is 5.69 Å². The van der Waals surface area contributed by atoms with Crippen molar-refractivity contribution in [2.45, 2.75) is 39.3 Å². The van der Waals surface area contributed by atoms with Gasteiger partial charge in [0.1, 0.15) is 16.5 Å². The summed E-state index contributed by atoms with van der Waals surface area (Å²) in [4.78, 5) is 35.2. The highest BCUT2D eigenvalue weighted by Gasteiger charge is 2.28. The Morgan fingerprint density at radius 3 is 2.87 bits per heavy atom. The zero-order valence-corrected chi connectivity index (χ0v) is 18.5. The minimum atomic E-state index is -0.255. The SMILES string of the molecule is CC(C)(C)c1ccc2c(c1)N(Cc1nc(C(=O)NCc3cccnc3)cs1)C(=O)CO2. The van der Waals surface area contributed by atoms with Gasteiger partial charge in [0.05, 0.1) is 12.2 Å². The van der Waals surface area contributed by atoms with Crippen molar-refractivity contribution in [3.05, 3.63) is 69.9 Å². The van der Waals surface area contributed by atoms with Gasteiger partial charge in [-0.05, 0) is 34.7 Å². The van der Waals surface area contributed by atoms with Crippen molar-refractivity contribution >= 4 is 28.8 Å². The van der Waals surface area contributed by atoms with Crippen LogP contribution in [0.25, 0.3) is 0 Å². The predicted molar refractivity (Wildman–Crippen MR) is 119 cm³/mol. The van der Waals surface area contributed by atoms with Gasteiger partial charge in [0, 0.05) is 24.3 Å². The third kappa shape index (κ3) is 4.74. The second-order valence-electron chi connectivity index (χ2n) is 8.37. The molecule has 0 fully saturated rings. The lowest BCUT2D eigenvalue weighted by molar-refractivity contribution is -0.121. The molecule has 0 spiro atoms. The highest BCUT2D eigenvalue weighted by atomic mass is 32.1. The first-order chi connectivity index (χ1) is 14.8. The molecule has 0 atom stereocenters. The molecule has 0 unspecified atom stereocenters. The highest BCUT2D eigenvalue weighted by molar-refractivity contribution is 7.09. The summed E-state index contributed by atoms with van der Waals surface area (Å²) < 4.78 is 5.61. The molecule has 1 N–H and O–H groups in total. The molecule has 0 aliphatic carbocycles. The molecule has 2 amide bonds. The fraction of sp³-hybridized carbons (Fsp3) is 0.304. The number of rotatable bonds is 5. The largest absolute Gasteiger partial charge is 0.482 e. The van der Waals surface area contributed by atoms with Gasteiger partial charge in [-0.25, -0.2) is 4.98 Å². The van der Waals surface area contributed by atoms with Crippen LogP contribution in [0.5, 0.6) is 5.75 Å². The Kier molecular flexibility index (Phi) is 5.73. The number of nitrogens with zero attached hydrogens (tertiary/aromatic N) is 3. The van der Waals surface area contributed by atoms with E-state index in [4.69, 9.17) is 4.74 Å². The van der Waals surface area contributed by atoms with Crippen molar-refractivity contribution in [2.75, 3.05) is 11.5 Å². The van der Waals surface area contributed by atoms with Crippen molar-refractivity contribution in [1.29, 1.82) is 0 Å². The number of carbonyl (C=O) groups excluding carboxylic acids is 2. The minimum absolute atomic E-state index is 0.00824. The second-order valence-corrected chi connectivity index (χ2v) is 9.31. The van der Waals surface area contributed by atoms with E-state index in [1.807, 2.05) is 30.3 Å². The molecule has 0 saturated heterocycles. The number of fused-ring (bicyclic) bond motifs is 1. The molecule has 1 aliphatic heterocycles. The van der Waals surface area contributed by atoms with Crippen LogP contribution < -0.4 is 15.0 Å². The number of carbonyl (C=O) groups is 2. The summed E-state index contributed by atoms with van der Waals surface area (Å²) in [5.74, 6) is 0.296. The number of aromatic nitrogens is 2. The normalized spacial score (nSPS) is 13.5. The third-order valence-electron chi connectivity index (χ3n) is 5.02. The zero-order valence-electron chi connectivity index (χ0n) is 17.7. The number of ether oxygens (including phenoxy) is 1. The summed E-state index contributed by atoms with van der Waals surface area (Å²) >= 11 is 1.36. The Morgan fingerprint density at radius 1 is 1.29 bits per heavy atom. The van der Waals surface area contributed by atoms with E-state index in [9.17, 15) is 9.59 Å². The molecule has 2 aromatic heterocycles. The molecule has 0 saturated carbocycles. The van der Waals surface area contributed by atoms with Gasteiger partial charge in [-0.2, -0.15) is 0 Å². The van der Waals surface area contributed by atoms with Gasteiger partial charge in [0.2, 0.25) is 0 Å². The van der Waals surface area contributed by atoms with Crippen molar-refractivity contribution in [2.24, 2.45) is 0 Å². The summed E-state index contributed by atoms with van der Waals surface area (Å²) in [7, 11) is 0. The lowest BCUT2D eigenvalue weighted by Gasteiger charge is -2.30. The van der Waals surface area contributed by atoms with E-state index < -0.39 is 0 Å². The lowest BCUT2D eigenvalue weighted by atomic mass is 9.86. The van der Waals surface area contributed by atoms with E-state index in [2.05, 4.69) is 36.1 Å². The summed E-state index contributed by atoms with van der Waals surface area (Å²) in [5, 5.41) is 5.25. The van der Waals surface area contributed by atoms with Gasteiger partial charge in [-0.15, -0.1) is 11.3 Å². The molecule has 3 heterocycles. The van der Waals surface area contributed by atoms with Crippen LogP contribution in [0, 0.1) is 0 Å². The quantitative estimate of drug-likeness (QED) is 0.659. The smallest absolute Gasteiger partial charge is 0.271 e. The number of amides is 2. The van der Waals surface area contributed by atoms with Crippen molar-refractivity contribution in [3.8, 4) is 5.75 Å². The van der Waals surface area contributed by atoms with Crippen molar-refractivity contribution in [1.82, 2.24) is 15.3 Å². The second kappa shape index (κ2) is 8.47. The summed E-state index contributed by atoms with van der Waals surface area (Å²) in [6.45, 7) is 7.05. The number of thiazole rings is 1. The van der Waals surface area contributed by atoms with E-state index >= 15 is 0 Å². The van der Waals surface area contributed by atoms with Crippen LogP contribution in [0.2, 0.25) is 0 Å². The molecule has 4 rings (SSSR count). The summed E-state index contributed by atoms with van der Waals surface area (Å²) in [6.07, 6.45) is 3.40. The summed E-state index contributed by atoms with van der Waals surface area (Å²) in [5.41, 5.74) is 3.05. The molecule has 8 heteroatoms. The van der Waals surface area contributed by atoms with E-state index in [0.717, 1.165) is 16.8 Å². The average molecular weight is 437 g/mol. The lowest BCUT2D eigenvalue weighted by Crippen LogP contribution is -2.38. The molecular weight excluding hydrogens is 412 g/mol. The summed E-state index contributed by atoms with van der Waals surface area (Å²) in [6, 6.07) is 9.66. The van der Waals surface area contributed by atoms with E-state index in [0.29, 0.717) is 29.5 Å². The minimum Gasteiger partial charge on any atom is -0.482 e. The first-order valence-electron chi connectivity index (χ1n) is 10.0. The first kappa shape index (κ1) is 21.0. The van der Waals surface area contributed by atoms with Crippen LogP contribution in [0.1, 0.15) is 47.4 Å². The maximum absolute atomic E-state index is 12.6. The number of nitrogens with one attached hydrogen (secondary N) is 1.